The third kappa shape index (κ3) is 8.12. The van der Waals surface area contributed by atoms with Crippen molar-refractivity contribution >= 4 is 15.9 Å². The maximum Gasteiger partial charge on any atom is 0.0135 e. The quantitative estimate of drug-likeness (QED) is 0.309. The number of benzene rings is 1. The van der Waals surface area contributed by atoms with Gasteiger partial charge >= 0.3 is 0 Å². The molecule has 1 unspecified atom stereocenters. The van der Waals surface area contributed by atoms with Crippen molar-refractivity contribution in [1.82, 2.24) is 4.90 Å². The lowest BCUT2D eigenvalue weighted by atomic mass is 9.93. The summed E-state index contributed by atoms with van der Waals surface area (Å²) in [5.41, 5.74) is 4.04. The van der Waals surface area contributed by atoms with Crippen LogP contribution in [0.5, 0.6) is 0 Å². The van der Waals surface area contributed by atoms with Crippen molar-refractivity contribution < 1.29 is 0 Å². The largest absolute Gasteiger partial charge is 0.309 e. The highest BCUT2D eigenvalue weighted by molar-refractivity contribution is 9.11. The first-order valence-corrected chi connectivity index (χ1v) is 9.63. The second-order valence-electron chi connectivity index (χ2n) is 6.77. The molecule has 0 aliphatic carbocycles. The van der Waals surface area contributed by atoms with Crippen LogP contribution in [0.2, 0.25) is 0 Å². The summed E-state index contributed by atoms with van der Waals surface area (Å²) in [7, 11) is 4.28. The molecule has 0 fully saturated rings. The number of hydrogen-bond acceptors (Lipinski definition) is 1. The fourth-order valence-corrected chi connectivity index (χ4v) is 3.12. The maximum absolute atomic E-state index is 3.97. The van der Waals surface area contributed by atoms with Gasteiger partial charge in [-0.15, -0.1) is 0 Å². The average molecular weight is 390 g/mol. The van der Waals surface area contributed by atoms with Crippen LogP contribution in [0.1, 0.15) is 49.7 Å². The van der Waals surface area contributed by atoms with Gasteiger partial charge < -0.3 is 4.90 Å². The molecule has 2 heteroatoms. The summed E-state index contributed by atoms with van der Waals surface area (Å²) >= 11 is 3.47. The highest BCUT2D eigenvalue weighted by atomic mass is 79.9. The lowest BCUT2D eigenvalue weighted by molar-refractivity contribution is 0.388. The van der Waals surface area contributed by atoms with Gasteiger partial charge in [0.05, 0.1) is 0 Å². The van der Waals surface area contributed by atoms with E-state index in [0.29, 0.717) is 5.92 Å². The maximum atomic E-state index is 3.97. The Labute approximate surface area is 157 Å². The number of halogens is 1. The molecule has 0 spiro atoms. The molecule has 0 N–H and O–H groups in total. The number of hydrogen-bond donors (Lipinski definition) is 0. The fourth-order valence-electron chi connectivity index (χ4n) is 2.79. The molecule has 0 radical (unpaired) electrons. The molecule has 24 heavy (non-hydrogen) atoms. The van der Waals surface area contributed by atoms with Gasteiger partial charge in [-0.1, -0.05) is 78.8 Å². The van der Waals surface area contributed by atoms with Crippen molar-refractivity contribution in [3.05, 3.63) is 70.8 Å². The zero-order valence-corrected chi connectivity index (χ0v) is 17.1. The first-order valence-electron chi connectivity index (χ1n) is 8.84. The van der Waals surface area contributed by atoms with Crippen LogP contribution in [0.3, 0.4) is 0 Å². The van der Waals surface area contributed by atoms with E-state index in [2.05, 4.69) is 79.3 Å². The zero-order valence-electron chi connectivity index (χ0n) is 15.5. The van der Waals surface area contributed by atoms with Gasteiger partial charge in [0, 0.05) is 4.48 Å². The molecule has 0 saturated heterocycles. The second kappa shape index (κ2) is 11.4. The van der Waals surface area contributed by atoms with Gasteiger partial charge in [-0.25, -0.2) is 0 Å². The molecule has 0 aliphatic rings. The predicted octanol–water partition coefficient (Wildman–Crippen LogP) is 6.48. The summed E-state index contributed by atoms with van der Waals surface area (Å²) < 4.78 is 0.949. The molecule has 1 aromatic carbocycles. The number of aryl methyl sites for hydroxylation is 1. The van der Waals surface area contributed by atoms with Crippen molar-refractivity contribution in [3.8, 4) is 0 Å². The topological polar surface area (TPSA) is 3.24 Å². The Kier molecular flexibility index (Phi) is 9.97. The molecule has 132 valence electrons. The molecule has 1 rings (SSSR count). The Bertz CT molecular complexity index is 540. The normalized spacial score (nSPS) is 13.1. The van der Waals surface area contributed by atoms with E-state index in [1.54, 1.807) is 0 Å². The Hall–Kier alpha value is -1.12. The van der Waals surface area contributed by atoms with Gasteiger partial charge in [0.15, 0.2) is 0 Å². The Balaban J connectivity index is 2.48. The third-order valence-electron chi connectivity index (χ3n) is 4.39. The Morgan fingerprint density at radius 3 is 2.42 bits per heavy atom. The first-order chi connectivity index (χ1) is 11.4. The lowest BCUT2D eigenvalue weighted by Gasteiger charge is -2.14. The van der Waals surface area contributed by atoms with Crippen molar-refractivity contribution in [2.75, 3.05) is 20.6 Å². The van der Waals surface area contributed by atoms with Gasteiger partial charge in [0.1, 0.15) is 0 Å². The highest BCUT2D eigenvalue weighted by Crippen LogP contribution is 2.24. The second-order valence-corrected chi connectivity index (χ2v) is 7.73. The van der Waals surface area contributed by atoms with Gasteiger partial charge in [-0.2, -0.15) is 0 Å². The third-order valence-corrected chi connectivity index (χ3v) is 4.90. The van der Waals surface area contributed by atoms with Crippen LogP contribution in [-0.2, 0) is 6.42 Å². The molecule has 1 atom stereocenters. The number of rotatable bonds is 11. The van der Waals surface area contributed by atoms with Crippen molar-refractivity contribution in [3.63, 3.8) is 0 Å². The zero-order chi connectivity index (χ0) is 17.9. The van der Waals surface area contributed by atoms with E-state index in [1.807, 2.05) is 12.2 Å². The van der Waals surface area contributed by atoms with Crippen LogP contribution >= 0.6 is 15.9 Å². The van der Waals surface area contributed by atoms with Gasteiger partial charge in [-0.3, -0.25) is 0 Å². The van der Waals surface area contributed by atoms with E-state index in [9.17, 15) is 0 Å². The Morgan fingerprint density at radius 2 is 1.88 bits per heavy atom. The summed E-state index contributed by atoms with van der Waals surface area (Å²) in [4.78, 5) is 2.26. The molecule has 0 aliphatic heterocycles. The highest BCUT2D eigenvalue weighted by Gasteiger charge is 2.06. The predicted molar refractivity (Wildman–Crippen MR) is 112 cm³/mol. The summed E-state index contributed by atoms with van der Waals surface area (Å²) in [5, 5.41) is 0. The first kappa shape index (κ1) is 20.9. The Morgan fingerprint density at radius 1 is 1.21 bits per heavy atom. The smallest absolute Gasteiger partial charge is 0.0135 e. The molecule has 1 aromatic rings. The average Bonchev–Trinajstić information content (AvgIpc) is 2.55. The molecule has 0 saturated carbocycles. The minimum Gasteiger partial charge on any atom is -0.309 e. The van der Waals surface area contributed by atoms with Gasteiger partial charge in [0.25, 0.3) is 0 Å². The van der Waals surface area contributed by atoms with Crippen LogP contribution in [-0.4, -0.2) is 25.5 Å². The standard InChI is InChI=1S/C22H32BrN/c1-6-9-22(19(3)23)16-13-20-11-14-21(15-12-20)18(2)10-7-8-17-24(4)5/h6,9,11-12,14-15,18H,1,3,7-8,10,13,16-17H2,2,4-5H3/b22-9-. The molecule has 1 nitrogen and oxygen atoms in total. The van der Waals surface area contributed by atoms with Crippen LogP contribution in [0.15, 0.2) is 59.6 Å². The van der Waals surface area contributed by atoms with E-state index < -0.39 is 0 Å². The molecule has 0 aromatic heterocycles. The fraction of sp³-hybridized carbons (Fsp3) is 0.455. The number of nitrogens with zero attached hydrogens (tertiary/aromatic N) is 1. The molecular weight excluding hydrogens is 358 g/mol. The minimum absolute atomic E-state index is 0.639. The number of unbranched alkanes of at least 4 members (excludes halogenated alkanes) is 1. The summed E-state index contributed by atoms with van der Waals surface area (Å²) in [5.74, 6) is 0.639. The molecule has 0 bridgehead atoms. The SMILES string of the molecule is C=C/C=C(/CCc1ccc(C(C)CCCCN(C)C)cc1)C(=C)Br. The lowest BCUT2D eigenvalue weighted by Crippen LogP contribution is -2.12. The van der Waals surface area contributed by atoms with E-state index in [4.69, 9.17) is 0 Å². The summed E-state index contributed by atoms with van der Waals surface area (Å²) in [6, 6.07) is 9.14. The van der Waals surface area contributed by atoms with Crippen LogP contribution in [0, 0.1) is 0 Å². The van der Waals surface area contributed by atoms with E-state index >= 15 is 0 Å². The van der Waals surface area contributed by atoms with Crippen molar-refractivity contribution in [1.29, 1.82) is 0 Å². The molecule has 0 amide bonds. The van der Waals surface area contributed by atoms with Crippen LogP contribution < -0.4 is 0 Å². The van der Waals surface area contributed by atoms with Crippen LogP contribution in [0.25, 0.3) is 0 Å². The summed E-state index contributed by atoms with van der Waals surface area (Å²) in [6.07, 6.45) is 9.71. The monoisotopic (exact) mass is 389 g/mol. The van der Waals surface area contributed by atoms with E-state index in [0.717, 1.165) is 17.3 Å². The number of allylic oxidation sites excluding steroid dienone is 4. The van der Waals surface area contributed by atoms with Crippen molar-refractivity contribution in [2.24, 2.45) is 0 Å². The van der Waals surface area contributed by atoms with Gasteiger partial charge in [-0.05, 0) is 68.9 Å². The molecular formula is C22H32BrN. The van der Waals surface area contributed by atoms with E-state index in [-0.39, 0.29) is 0 Å². The molecule has 0 heterocycles. The van der Waals surface area contributed by atoms with E-state index in [1.165, 1.54) is 42.5 Å². The minimum atomic E-state index is 0.639. The van der Waals surface area contributed by atoms with Crippen LogP contribution in [0.4, 0.5) is 0 Å². The van der Waals surface area contributed by atoms with Crippen molar-refractivity contribution in [2.45, 2.75) is 44.9 Å². The summed E-state index contributed by atoms with van der Waals surface area (Å²) in [6.45, 7) is 11.3. The van der Waals surface area contributed by atoms with Gasteiger partial charge in [0.2, 0.25) is 0 Å².